The molecular formula is C33H32BrNO4. The Balaban J connectivity index is 1.45. The summed E-state index contributed by atoms with van der Waals surface area (Å²) in [6.07, 6.45) is 0.153. The smallest absolute Gasteiger partial charge is 0.326 e. The molecule has 0 fully saturated rings. The Labute approximate surface area is 238 Å². The lowest BCUT2D eigenvalue weighted by Gasteiger charge is -2.19. The molecule has 200 valence electrons. The molecule has 4 aromatic carbocycles. The SMILES string of the molecule is CC(C)(C)c1ccc(COc2ccc(Br)cc2C(=O)N[C@@H](Cc2ccc(-c3ccccc3)cc2)C(=O)O)cc1. The van der Waals surface area contributed by atoms with Crippen LogP contribution in [0, 0.1) is 0 Å². The number of benzene rings is 4. The van der Waals surface area contributed by atoms with Crippen molar-refractivity contribution in [1.82, 2.24) is 5.32 Å². The Kier molecular flexibility index (Phi) is 8.87. The maximum Gasteiger partial charge on any atom is 0.326 e. The fourth-order valence-electron chi connectivity index (χ4n) is 4.20. The molecule has 0 heterocycles. The van der Waals surface area contributed by atoms with Crippen LogP contribution in [0.4, 0.5) is 0 Å². The summed E-state index contributed by atoms with van der Waals surface area (Å²) in [6.45, 7) is 6.77. The molecule has 4 rings (SSSR count). The molecule has 0 radical (unpaired) electrons. The molecule has 2 N–H and O–H groups in total. The molecule has 0 aliphatic rings. The fraction of sp³-hybridized carbons (Fsp3) is 0.212. The lowest BCUT2D eigenvalue weighted by molar-refractivity contribution is -0.139. The zero-order valence-corrected chi connectivity index (χ0v) is 23.9. The second-order valence-electron chi connectivity index (χ2n) is 10.5. The third kappa shape index (κ3) is 7.58. The number of ether oxygens (including phenoxy) is 1. The monoisotopic (exact) mass is 585 g/mol. The van der Waals surface area contributed by atoms with Crippen LogP contribution >= 0.6 is 15.9 Å². The van der Waals surface area contributed by atoms with Crippen molar-refractivity contribution in [2.45, 2.75) is 45.3 Å². The van der Waals surface area contributed by atoms with Crippen LogP contribution in [0.3, 0.4) is 0 Å². The van der Waals surface area contributed by atoms with Crippen molar-refractivity contribution in [3.8, 4) is 16.9 Å². The molecule has 0 bridgehead atoms. The first-order chi connectivity index (χ1) is 18.6. The number of carbonyl (C=O) groups is 2. The van der Waals surface area contributed by atoms with Crippen LogP contribution < -0.4 is 10.1 Å². The minimum absolute atomic E-state index is 0.0565. The van der Waals surface area contributed by atoms with Gasteiger partial charge in [-0.3, -0.25) is 4.79 Å². The van der Waals surface area contributed by atoms with E-state index in [-0.39, 0.29) is 24.0 Å². The van der Waals surface area contributed by atoms with E-state index in [0.29, 0.717) is 10.2 Å². The third-order valence-corrected chi connectivity index (χ3v) is 7.00. The molecule has 5 nitrogen and oxygen atoms in total. The summed E-state index contributed by atoms with van der Waals surface area (Å²) in [4.78, 5) is 25.3. The van der Waals surface area contributed by atoms with E-state index in [1.54, 1.807) is 18.2 Å². The van der Waals surface area contributed by atoms with Crippen LogP contribution in [0.25, 0.3) is 11.1 Å². The summed E-state index contributed by atoms with van der Waals surface area (Å²) in [5, 5.41) is 12.5. The van der Waals surface area contributed by atoms with Gasteiger partial charge in [0.1, 0.15) is 18.4 Å². The summed E-state index contributed by atoms with van der Waals surface area (Å²) >= 11 is 3.41. The number of nitrogens with one attached hydrogen (secondary N) is 1. The number of hydrogen-bond donors (Lipinski definition) is 2. The van der Waals surface area contributed by atoms with Crippen molar-refractivity contribution in [3.05, 3.63) is 124 Å². The molecule has 0 unspecified atom stereocenters. The molecule has 0 spiro atoms. The summed E-state index contributed by atoms with van der Waals surface area (Å²) in [7, 11) is 0. The molecule has 1 atom stereocenters. The average molecular weight is 587 g/mol. The Morgan fingerprint density at radius 1 is 0.846 bits per heavy atom. The molecule has 4 aromatic rings. The topological polar surface area (TPSA) is 75.6 Å². The van der Waals surface area contributed by atoms with E-state index in [0.717, 1.165) is 22.3 Å². The third-order valence-electron chi connectivity index (χ3n) is 6.50. The summed E-state index contributed by atoms with van der Waals surface area (Å²) in [5.74, 6) is -1.23. The number of carbonyl (C=O) groups excluding carboxylic acids is 1. The largest absolute Gasteiger partial charge is 0.488 e. The van der Waals surface area contributed by atoms with Crippen LogP contribution in [-0.4, -0.2) is 23.0 Å². The number of halogens is 1. The van der Waals surface area contributed by atoms with Crippen molar-refractivity contribution in [2.75, 3.05) is 0 Å². The zero-order chi connectivity index (χ0) is 28.0. The van der Waals surface area contributed by atoms with E-state index in [1.807, 2.05) is 66.7 Å². The van der Waals surface area contributed by atoms with Gasteiger partial charge in [0, 0.05) is 10.9 Å². The van der Waals surface area contributed by atoms with Gasteiger partial charge in [0.2, 0.25) is 0 Å². The van der Waals surface area contributed by atoms with E-state index in [4.69, 9.17) is 4.74 Å². The first kappa shape index (κ1) is 28.1. The van der Waals surface area contributed by atoms with Crippen LogP contribution in [-0.2, 0) is 23.2 Å². The van der Waals surface area contributed by atoms with Crippen LogP contribution in [0.2, 0.25) is 0 Å². The van der Waals surface area contributed by atoms with Crippen molar-refractivity contribution in [2.24, 2.45) is 0 Å². The first-order valence-electron chi connectivity index (χ1n) is 12.8. The first-order valence-corrected chi connectivity index (χ1v) is 13.6. The van der Waals surface area contributed by atoms with Gasteiger partial charge in [-0.25, -0.2) is 4.79 Å². The minimum atomic E-state index is -1.10. The molecule has 0 saturated carbocycles. The van der Waals surface area contributed by atoms with Gasteiger partial charge in [0.15, 0.2) is 0 Å². The summed E-state index contributed by atoms with van der Waals surface area (Å²) in [5.41, 5.74) is 5.46. The highest BCUT2D eigenvalue weighted by Gasteiger charge is 2.23. The highest BCUT2D eigenvalue weighted by atomic mass is 79.9. The predicted octanol–water partition coefficient (Wildman–Crippen LogP) is 7.42. The lowest BCUT2D eigenvalue weighted by Crippen LogP contribution is -2.42. The molecule has 1 amide bonds. The Hall–Kier alpha value is -3.90. The number of rotatable bonds is 9. The number of amides is 1. The molecule has 0 aliphatic carbocycles. The van der Waals surface area contributed by atoms with Crippen LogP contribution in [0.15, 0.2) is 102 Å². The zero-order valence-electron chi connectivity index (χ0n) is 22.3. The second-order valence-corrected chi connectivity index (χ2v) is 11.4. The van der Waals surface area contributed by atoms with Crippen molar-refractivity contribution in [3.63, 3.8) is 0 Å². The maximum absolute atomic E-state index is 13.3. The number of aliphatic carboxylic acids is 1. The molecule has 0 aromatic heterocycles. The van der Waals surface area contributed by atoms with E-state index in [2.05, 4.69) is 54.2 Å². The lowest BCUT2D eigenvalue weighted by atomic mass is 9.87. The Bertz CT molecular complexity index is 1430. The van der Waals surface area contributed by atoms with Crippen LogP contribution in [0.5, 0.6) is 5.75 Å². The average Bonchev–Trinajstić information content (AvgIpc) is 2.92. The Morgan fingerprint density at radius 2 is 1.46 bits per heavy atom. The fourth-order valence-corrected chi connectivity index (χ4v) is 4.56. The number of hydrogen-bond acceptors (Lipinski definition) is 3. The van der Waals surface area contributed by atoms with Crippen molar-refractivity contribution < 1.29 is 19.4 Å². The quantitative estimate of drug-likeness (QED) is 0.214. The Morgan fingerprint density at radius 3 is 2.08 bits per heavy atom. The van der Waals surface area contributed by atoms with E-state index < -0.39 is 17.9 Å². The molecule has 0 saturated heterocycles. The standard InChI is InChI=1S/C33H32BrNO4/c1-33(2,3)26-15-11-23(12-16-26)21-39-30-18-17-27(34)20-28(30)31(36)35-29(32(37)38)19-22-9-13-25(14-10-22)24-7-5-4-6-8-24/h4-18,20,29H,19,21H2,1-3H3,(H,35,36)(H,37,38)/t29-/m0/s1. The van der Waals surface area contributed by atoms with Crippen molar-refractivity contribution in [1.29, 1.82) is 0 Å². The van der Waals surface area contributed by atoms with Gasteiger partial charge >= 0.3 is 5.97 Å². The summed E-state index contributed by atoms with van der Waals surface area (Å²) in [6, 6.07) is 29.9. The van der Waals surface area contributed by atoms with E-state index in [1.165, 1.54) is 5.56 Å². The van der Waals surface area contributed by atoms with E-state index in [9.17, 15) is 14.7 Å². The van der Waals surface area contributed by atoms with Gasteiger partial charge in [0.25, 0.3) is 5.91 Å². The minimum Gasteiger partial charge on any atom is -0.488 e. The number of carboxylic acids is 1. The second kappa shape index (κ2) is 12.3. The molecule has 6 heteroatoms. The molecular weight excluding hydrogens is 554 g/mol. The van der Waals surface area contributed by atoms with E-state index >= 15 is 0 Å². The van der Waals surface area contributed by atoms with Gasteiger partial charge in [-0.2, -0.15) is 0 Å². The predicted molar refractivity (Wildman–Crippen MR) is 158 cm³/mol. The van der Waals surface area contributed by atoms with Gasteiger partial charge in [0.05, 0.1) is 5.56 Å². The highest BCUT2D eigenvalue weighted by molar-refractivity contribution is 9.10. The maximum atomic E-state index is 13.3. The van der Waals surface area contributed by atoms with Gasteiger partial charge in [-0.15, -0.1) is 0 Å². The molecule has 39 heavy (non-hydrogen) atoms. The van der Waals surface area contributed by atoms with Gasteiger partial charge in [-0.05, 0) is 51.4 Å². The van der Waals surface area contributed by atoms with Crippen molar-refractivity contribution >= 4 is 27.8 Å². The van der Waals surface area contributed by atoms with Crippen LogP contribution in [0.1, 0.15) is 47.8 Å². The van der Waals surface area contributed by atoms with Gasteiger partial charge in [-0.1, -0.05) is 116 Å². The van der Waals surface area contributed by atoms with Gasteiger partial charge < -0.3 is 15.2 Å². The normalized spacial score (nSPS) is 12.0. The molecule has 0 aliphatic heterocycles. The number of carboxylic acid groups (broad SMARTS) is 1. The summed E-state index contributed by atoms with van der Waals surface area (Å²) < 4.78 is 6.70. The highest BCUT2D eigenvalue weighted by Crippen LogP contribution is 2.26.